The van der Waals surface area contributed by atoms with Crippen molar-refractivity contribution in [1.29, 1.82) is 0 Å². The summed E-state index contributed by atoms with van der Waals surface area (Å²) in [5.74, 6) is 2.74. The lowest BCUT2D eigenvalue weighted by Crippen LogP contribution is -2.00. The fraction of sp³-hybridized carbons (Fsp3) is 0.176. The molecule has 0 radical (unpaired) electrons. The zero-order valence-electron chi connectivity index (χ0n) is 23.2. The number of hydrogen-bond acceptors (Lipinski definition) is 4. The third-order valence-electron chi connectivity index (χ3n) is 7.47. The third-order valence-corrected chi connectivity index (χ3v) is 7.47. The van der Waals surface area contributed by atoms with Crippen molar-refractivity contribution in [3.05, 3.63) is 108 Å². The molecule has 0 amide bonds. The van der Waals surface area contributed by atoms with E-state index in [1.54, 1.807) is 28.4 Å². The monoisotopic (exact) mass is 532 g/mol. The van der Waals surface area contributed by atoms with Crippen molar-refractivity contribution >= 4 is 21.8 Å². The van der Waals surface area contributed by atoms with E-state index >= 15 is 0 Å². The summed E-state index contributed by atoms with van der Waals surface area (Å²) >= 11 is 0. The van der Waals surface area contributed by atoms with Gasteiger partial charge in [0.15, 0.2) is 23.0 Å². The fourth-order valence-corrected chi connectivity index (χ4v) is 5.56. The van der Waals surface area contributed by atoms with Gasteiger partial charge in [-0.15, -0.1) is 0 Å². The predicted molar refractivity (Wildman–Crippen MR) is 160 cm³/mol. The van der Waals surface area contributed by atoms with Crippen LogP contribution in [0.1, 0.15) is 11.1 Å². The zero-order chi connectivity index (χ0) is 27.6. The SMILES string of the molecule is COc1cc2c(-c3c(OC)c(OC)cc4c3ccn4Cc3ccccc3)cn(Cc3ccccc3)c2cc1OC. The molecule has 202 valence electrons. The van der Waals surface area contributed by atoms with Gasteiger partial charge in [-0.3, -0.25) is 0 Å². The Morgan fingerprint density at radius 1 is 0.550 bits per heavy atom. The molecule has 0 aliphatic rings. The molecule has 0 spiro atoms. The van der Waals surface area contributed by atoms with E-state index in [1.165, 1.54) is 11.1 Å². The molecule has 40 heavy (non-hydrogen) atoms. The summed E-state index contributed by atoms with van der Waals surface area (Å²) in [5, 5.41) is 2.12. The van der Waals surface area contributed by atoms with Crippen LogP contribution in [-0.2, 0) is 13.1 Å². The Morgan fingerprint density at radius 3 is 1.70 bits per heavy atom. The normalized spacial score (nSPS) is 11.2. The molecule has 2 heterocycles. The van der Waals surface area contributed by atoms with Gasteiger partial charge in [0.05, 0.1) is 39.5 Å². The average molecular weight is 533 g/mol. The summed E-state index contributed by atoms with van der Waals surface area (Å²) in [6.07, 6.45) is 4.33. The molecule has 4 aromatic carbocycles. The van der Waals surface area contributed by atoms with Crippen molar-refractivity contribution in [3.63, 3.8) is 0 Å². The molecule has 0 saturated heterocycles. The van der Waals surface area contributed by atoms with Crippen molar-refractivity contribution in [2.24, 2.45) is 0 Å². The molecule has 2 aromatic heterocycles. The largest absolute Gasteiger partial charge is 0.493 e. The van der Waals surface area contributed by atoms with Crippen molar-refractivity contribution < 1.29 is 18.9 Å². The Bertz CT molecular complexity index is 1790. The van der Waals surface area contributed by atoms with E-state index in [-0.39, 0.29) is 0 Å². The summed E-state index contributed by atoms with van der Waals surface area (Å²) in [7, 11) is 6.71. The second-order valence-electron chi connectivity index (χ2n) is 9.73. The van der Waals surface area contributed by atoms with Crippen molar-refractivity contribution in [3.8, 4) is 34.1 Å². The van der Waals surface area contributed by atoms with Gasteiger partial charge >= 0.3 is 0 Å². The lowest BCUT2D eigenvalue weighted by molar-refractivity contribution is 0.355. The molecule has 6 nitrogen and oxygen atoms in total. The fourth-order valence-electron chi connectivity index (χ4n) is 5.56. The van der Waals surface area contributed by atoms with Gasteiger partial charge in [0.25, 0.3) is 0 Å². The van der Waals surface area contributed by atoms with Crippen LogP contribution in [0, 0.1) is 0 Å². The topological polar surface area (TPSA) is 46.8 Å². The Kier molecular flexibility index (Phi) is 6.83. The van der Waals surface area contributed by atoms with E-state index in [0.717, 1.165) is 39.5 Å². The lowest BCUT2D eigenvalue weighted by atomic mass is 9.98. The van der Waals surface area contributed by atoms with Gasteiger partial charge in [-0.05, 0) is 23.3 Å². The third kappa shape index (κ3) is 4.41. The number of methoxy groups -OCH3 is 4. The van der Waals surface area contributed by atoms with E-state index in [4.69, 9.17) is 18.9 Å². The van der Waals surface area contributed by atoms with Crippen molar-refractivity contribution in [2.75, 3.05) is 28.4 Å². The van der Waals surface area contributed by atoms with Crippen LogP contribution in [0.25, 0.3) is 32.9 Å². The summed E-state index contributed by atoms with van der Waals surface area (Å²) in [5.41, 5.74) is 6.56. The van der Waals surface area contributed by atoms with Crippen LogP contribution >= 0.6 is 0 Å². The summed E-state index contributed by atoms with van der Waals surface area (Å²) in [6, 6.07) is 29.2. The van der Waals surface area contributed by atoms with E-state index in [2.05, 4.69) is 88.3 Å². The maximum absolute atomic E-state index is 6.04. The molecule has 0 saturated carbocycles. The average Bonchev–Trinajstić information content (AvgIpc) is 3.56. The van der Waals surface area contributed by atoms with E-state index in [9.17, 15) is 0 Å². The first-order chi connectivity index (χ1) is 19.6. The minimum absolute atomic E-state index is 0.675. The standard InChI is InChI=1S/C34H32N2O4/c1-37-30-17-26-27(22-36(29(26)18-31(30)38-2)21-24-13-9-6-10-14-24)33-25-15-16-35(20-23-11-7-5-8-12-23)28(25)19-32(39-3)34(33)40-4/h5-19,22H,20-21H2,1-4H3. The van der Waals surface area contributed by atoms with Crippen LogP contribution in [0.5, 0.6) is 23.0 Å². The summed E-state index contributed by atoms with van der Waals surface area (Å²) in [4.78, 5) is 0. The number of ether oxygens (including phenoxy) is 4. The molecule has 0 unspecified atom stereocenters. The lowest BCUT2D eigenvalue weighted by Gasteiger charge is -2.16. The van der Waals surface area contributed by atoms with Crippen LogP contribution in [0.15, 0.2) is 97.3 Å². The van der Waals surface area contributed by atoms with Crippen LogP contribution in [-0.4, -0.2) is 37.6 Å². The molecule has 0 aliphatic heterocycles. The van der Waals surface area contributed by atoms with Gasteiger partial charge in [-0.1, -0.05) is 60.7 Å². The molecular formula is C34H32N2O4. The highest BCUT2D eigenvalue weighted by molar-refractivity contribution is 6.09. The highest BCUT2D eigenvalue weighted by atomic mass is 16.5. The number of fused-ring (bicyclic) bond motifs is 2. The van der Waals surface area contributed by atoms with Crippen molar-refractivity contribution in [2.45, 2.75) is 13.1 Å². The second kappa shape index (κ2) is 10.7. The van der Waals surface area contributed by atoms with Crippen LogP contribution in [0.4, 0.5) is 0 Å². The molecule has 0 bridgehead atoms. The molecule has 0 N–H and O–H groups in total. The van der Waals surface area contributed by atoms with Crippen LogP contribution < -0.4 is 18.9 Å². The molecule has 0 fully saturated rings. The van der Waals surface area contributed by atoms with E-state index < -0.39 is 0 Å². The number of benzene rings is 4. The van der Waals surface area contributed by atoms with Gasteiger partial charge in [-0.2, -0.15) is 0 Å². The van der Waals surface area contributed by atoms with Gasteiger partial charge in [0, 0.05) is 59.5 Å². The Morgan fingerprint density at radius 2 is 1.10 bits per heavy atom. The van der Waals surface area contributed by atoms with Gasteiger partial charge in [-0.25, -0.2) is 0 Å². The molecule has 0 atom stereocenters. The first-order valence-electron chi connectivity index (χ1n) is 13.2. The van der Waals surface area contributed by atoms with E-state index in [1.807, 2.05) is 18.2 Å². The smallest absolute Gasteiger partial charge is 0.169 e. The molecular weight excluding hydrogens is 500 g/mol. The minimum atomic E-state index is 0.675. The minimum Gasteiger partial charge on any atom is -0.493 e. The number of hydrogen-bond donors (Lipinski definition) is 0. The first kappa shape index (κ1) is 25.4. The van der Waals surface area contributed by atoms with Gasteiger partial charge in [0.2, 0.25) is 0 Å². The maximum atomic E-state index is 6.04. The summed E-state index contributed by atoms with van der Waals surface area (Å²) in [6.45, 7) is 1.46. The molecule has 6 aromatic rings. The Hall–Kier alpha value is -4.84. The molecule has 6 rings (SSSR count). The highest BCUT2D eigenvalue weighted by Gasteiger charge is 2.24. The Labute approximate surface area is 233 Å². The summed E-state index contributed by atoms with van der Waals surface area (Å²) < 4.78 is 27.9. The van der Waals surface area contributed by atoms with Gasteiger partial charge < -0.3 is 28.1 Å². The Balaban J connectivity index is 1.63. The van der Waals surface area contributed by atoms with Gasteiger partial charge in [0.1, 0.15) is 0 Å². The van der Waals surface area contributed by atoms with Crippen LogP contribution in [0.2, 0.25) is 0 Å². The van der Waals surface area contributed by atoms with E-state index in [0.29, 0.717) is 29.5 Å². The molecule has 6 heteroatoms. The second-order valence-corrected chi connectivity index (χ2v) is 9.73. The predicted octanol–water partition coefficient (Wildman–Crippen LogP) is 7.39. The maximum Gasteiger partial charge on any atom is 0.169 e. The zero-order valence-corrected chi connectivity index (χ0v) is 23.2. The highest BCUT2D eigenvalue weighted by Crippen LogP contribution is 2.48. The van der Waals surface area contributed by atoms with Crippen molar-refractivity contribution in [1.82, 2.24) is 9.13 Å². The molecule has 0 aliphatic carbocycles. The number of rotatable bonds is 9. The first-order valence-corrected chi connectivity index (χ1v) is 13.2. The quantitative estimate of drug-likeness (QED) is 0.195. The number of nitrogens with zero attached hydrogens (tertiary/aromatic N) is 2. The van der Waals surface area contributed by atoms with Crippen LogP contribution in [0.3, 0.4) is 0 Å². The number of aromatic nitrogens is 2.